The fourth-order valence-corrected chi connectivity index (χ4v) is 4.41. The maximum absolute atomic E-state index is 13.8. The Morgan fingerprint density at radius 2 is 1.77 bits per heavy atom. The molecular weight excluding hydrogens is 410 g/mol. The highest BCUT2D eigenvalue weighted by atomic mass is 35.5. The molecule has 1 aliphatic rings. The van der Waals surface area contributed by atoms with Crippen LogP contribution < -0.4 is 0 Å². The van der Waals surface area contributed by atoms with Gasteiger partial charge in [-0.1, -0.05) is 53.6 Å². The third kappa shape index (κ3) is 5.68. The molecule has 3 rings (SSSR count). The first-order valence-electron chi connectivity index (χ1n) is 10.8. The molecule has 5 heteroatoms. The molecule has 0 aliphatic carbocycles. The molecule has 1 heterocycles. The maximum Gasteiger partial charge on any atom is 0.307 e. The molecule has 1 aliphatic heterocycles. The van der Waals surface area contributed by atoms with Crippen LogP contribution in [0.15, 0.2) is 48.5 Å². The molecule has 0 radical (unpaired) electrons. The Kier molecular flexibility index (Phi) is 6.80. The van der Waals surface area contributed by atoms with Crippen LogP contribution in [-0.4, -0.2) is 35.5 Å². The van der Waals surface area contributed by atoms with Crippen molar-refractivity contribution in [3.8, 4) is 0 Å². The van der Waals surface area contributed by atoms with Crippen molar-refractivity contribution in [3.63, 3.8) is 0 Å². The van der Waals surface area contributed by atoms with Crippen LogP contribution in [0.5, 0.6) is 0 Å². The number of hydrogen-bond acceptors (Lipinski definition) is 3. The third-order valence-corrected chi connectivity index (χ3v) is 6.11. The minimum Gasteiger partial charge on any atom is -0.460 e. The Morgan fingerprint density at radius 1 is 1.10 bits per heavy atom. The highest BCUT2D eigenvalue weighted by molar-refractivity contribution is 6.30. The van der Waals surface area contributed by atoms with Crippen molar-refractivity contribution in [1.82, 2.24) is 4.90 Å². The van der Waals surface area contributed by atoms with E-state index in [2.05, 4.69) is 6.07 Å². The Hall–Kier alpha value is -2.33. The van der Waals surface area contributed by atoms with Crippen LogP contribution in [0.2, 0.25) is 5.02 Å². The summed E-state index contributed by atoms with van der Waals surface area (Å²) in [5.41, 5.74) is 1.50. The van der Waals surface area contributed by atoms with Crippen LogP contribution in [0.4, 0.5) is 0 Å². The molecule has 2 aromatic rings. The van der Waals surface area contributed by atoms with Crippen molar-refractivity contribution >= 4 is 23.5 Å². The predicted molar refractivity (Wildman–Crippen MR) is 124 cm³/mol. The molecule has 0 saturated carbocycles. The lowest BCUT2D eigenvalue weighted by molar-refractivity contribution is -0.159. The van der Waals surface area contributed by atoms with Crippen LogP contribution >= 0.6 is 11.6 Å². The maximum atomic E-state index is 13.8. The van der Waals surface area contributed by atoms with Crippen molar-refractivity contribution in [2.24, 2.45) is 0 Å². The number of rotatable bonds is 5. The average molecular weight is 442 g/mol. The quantitative estimate of drug-likeness (QED) is 0.563. The summed E-state index contributed by atoms with van der Waals surface area (Å²) >= 11 is 6.17. The number of benzene rings is 2. The predicted octanol–water partition coefficient (Wildman–Crippen LogP) is 5.65. The van der Waals surface area contributed by atoms with Crippen molar-refractivity contribution < 1.29 is 14.3 Å². The van der Waals surface area contributed by atoms with E-state index in [4.69, 9.17) is 16.3 Å². The molecule has 1 amide bonds. The van der Waals surface area contributed by atoms with E-state index < -0.39 is 11.0 Å². The summed E-state index contributed by atoms with van der Waals surface area (Å²) in [6.45, 7) is 10.7. The van der Waals surface area contributed by atoms with Crippen LogP contribution in [-0.2, 0) is 19.7 Å². The highest BCUT2D eigenvalue weighted by Gasteiger charge is 2.43. The van der Waals surface area contributed by atoms with E-state index in [1.165, 1.54) is 0 Å². The van der Waals surface area contributed by atoms with E-state index in [9.17, 15) is 9.59 Å². The van der Waals surface area contributed by atoms with Gasteiger partial charge in [-0.25, -0.2) is 0 Å². The molecule has 0 aromatic heterocycles. The lowest BCUT2D eigenvalue weighted by atomic mass is 9.77. The summed E-state index contributed by atoms with van der Waals surface area (Å²) < 4.78 is 5.57. The monoisotopic (exact) mass is 441 g/mol. The van der Waals surface area contributed by atoms with Crippen molar-refractivity contribution in [1.29, 1.82) is 0 Å². The number of hydrogen-bond donors (Lipinski definition) is 0. The van der Waals surface area contributed by atoms with E-state index in [1.54, 1.807) is 0 Å². The molecule has 166 valence electrons. The van der Waals surface area contributed by atoms with Gasteiger partial charge in [-0.15, -0.1) is 0 Å². The third-order valence-electron chi connectivity index (χ3n) is 5.87. The van der Waals surface area contributed by atoms with Crippen molar-refractivity contribution in [3.05, 3.63) is 70.2 Å². The van der Waals surface area contributed by atoms with Gasteiger partial charge in [0.05, 0.1) is 11.8 Å². The Morgan fingerprint density at radius 3 is 2.39 bits per heavy atom. The first-order chi connectivity index (χ1) is 14.5. The number of amides is 1. The molecule has 2 aromatic carbocycles. The van der Waals surface area contributed by atoms with E-state index in [-0.39, 0.29) is 24.2 Å². The van der Waals surface area contributed by atoms with E-state index in [0.717, 1.165) is 23.1 Å². The zero-order valence-corrected chi connectivity index (χ0v) is 19.8. The Labute approximate surface area is 190 Å². The number of ether oxygens (including phenoxy) is 1. The Balaban J connectivity index is 1.85. The second kappa shape index (κ2) is 9.04. The lowest BCUT2D eigenvalue weighted by Gasteiger charge is -2.33. The standard InChI is InChI=1S/C26H32ClNO3/c1-18-9-11-21(12-10-18)26(5,16-23(29)31-25(2,3)4)24(30)28-14-13-20(17-28)19-7-6-8-22(27)15-19/h6-12,15,20H,13-14,16-17H2,1-5H3. The number of aryl methyl sites for hydroxylation is 1. The summed E-state index contributed by atoms with van der Waals surface area (Å²) in [5, 5.41) is 0.705. The van der Waals surface area contributed by atoms with Gasteiger partial charge in [0.15, 0.2) is 0 Å². The number of carbonyl (C=O) groups is 2. The fourth-order valence-electron chi connectivity index (χ4n) is 4.22. The SMILES string of the molecule is Cc1ccc(C(C)(CC(=O)OC(C)(C)C)C(=O)N2CCC(c3cccc(Cl)c3)C2)cc1. The second-order valence-electron chi connectivity index (χ2n) is 9.75. The van der Waals surface area contributed by atoms with Gasteiger partial charge in [0, 0.05) is 24.0 Å². The number of nitrogens with zero attached hydrogens (tertiary/aromatic N) is 1. The molecule has 2 unspecified atom stereocenters. The number of carbonyl (C=O) groups excluding carboxylic acids is 2. The molecule has 4 nitrogen and oxygen atoms in total. The summed E-state index contributed by atoms with van der Waals surface area (Å²) in [6, 6.07) is 15.7. The van der Waals surface area contributed by atoms with Gasteiger partial charge in [0.1, 0.15) is 5.60 Å². The smallest absolute Gasteiger partial charge is 0.307 e. The molecular formula is C26H32ClNO3. The van der Waals surface area contributed by atoms with Crippen molar-refractivity contribution in [2.75, 3.05) is 13.1 Å². The molecule has 0 spiro atoms. The van der Waals surface area contributed by atoms with Gasteiger partial charge in [-0.3, -0.25) is 9.59 Å². The molecule has 1 saturated heterocycles. The van der Waals surface area contributed by atoms with Gasteiger partial charge in [-0.05, 0) is 64.3 Å². The summed E-state index contributed by atoms with van der Waals surface area (Å²) in [4.78, 5) is 28.4. The summed E-state index contributed by atoms with van der Waals surface area (Å²) in [6.07, 6.45) is 0.882. The molecule has 2 atom stereocenters. The number of likely N-dealkylation sites (tertiary alicyclic amines) is 1. The second-order valence-corrected chi connectivity index (χ2v) is 10.2. The zero-order chi connectivity index (χ0) is 22.8. The fraction of sp³-hybridized carbons (Fsp3) is 0.462. The van der Waals surface area contributed by atoms with E-state index in [0.29, 0.717) is 18.1 Å². The van der Waals surface area contributed by atoms with Gasteiger partial charge >= 0.3 is 5.97 Å². The van der Waals surface area contributed by atoms with Gasteiger partial charge in [0.2, 0.25) is 5.91 Å². The van der Waals surface area contributed by atoms with Gasteiger partial charge in [-0.2, -0.15) is 0 Å². The van der Waals surface area contributed by atoms with E-state index >= 15 is 0 Å². The van der Waals surface area contributed by atoms with Gasteiger partial charge in [0.25, 0.3) is 0 Å². The van der Waals surface area contributed by atoms with Crippen LogP contribution in [0, 0.1) is 6.92 Å². The zero-order valence-electron chi connectivity index (χ0n) is 19.1. The minimum atomic E-state index is -0.987. The van der Waals surface area contributed by atoms with Crippen LogP contribution in [0.1, 0.15) is 63.1 Å². The number of halogens is 1. The van der Waals surface area contributed by atoms with Gasteiger partial charge < -0.3 is 9.64 Å². The summed E-state index contributed by atoms with van der Waals surface area (Å²) in [5.74, 6) is -0.160. The Bertz CT molecular complexity index is 948. The average Bonchev–Trinajstić information content (AvgIpc) is 3.16. The molecule has 1 fully saturated rings. The summed E-state index contributed by atoms with van der Waals surface area (Å²) in [7, 11) is 0. The first-order valence-corrected chi connectivity index (χ1v) is 11.2. The largest absolute Gasteiger partial charge is 0.460 e. The molecule has 0 bridgehead atoms. The van der Waals surface area contributed by atoms with E-state index in [1.807, 2.05) is 82.0 Å². The molecule has 0 N–H and O–H groups in total. The van der Waals surface area contributed by atoms with Crippen LogP contribution in [0.25, 0.3) is 0 Å². The number of esters is 1. The van der Waals surface area contributed by atoms with Crippen LogP contribution in [0.3, 0.4) is 0 Å². The topological polar surface area (TPSA) is 46.6 Å². The molecule has 31 heavy (non-hydrogen) atoms. The van der Waals surface area contributed by atoms with Crippen molar-refractivity contribution in [2.45, 2.75) is 64.4 Å². The lowest BCUT2D eigenvalue weighted by Crippen LogP contribution is -2.46. The first kappa shape index (κ1) is 23.3. The highest BCUT2D eigenvalue weighted by Crippen LogP contribution is 2.36. The normalized spacial score (nSPS) is 18.5. The minimum absolute atomic E-state index is 0.00446.